The number of aliphatic hydroxyl groups is 1. The number of nitriles is 1. The predicted octanol–water partition coefficient (Wildman–Crippen LogP) is 0.717. The van der Waals surface area contributed by atoms with Crippen LogP contribution in [0.4, 0.5) is 0 Å². The first-order chi connectivity index (χ1) is 3.72. The van der Waals surface area contributed by atoms with Gasteiger partial charge in [0.15, 0.2) is 0 Å². The summed E-state index contributed by atoms with van der Waals surface area (Å²) >= 11 is 10.4. The minimum Gasteiger partial charge on any atom is -0.389 e. The van der Waals surface area contributed by atoms with Crippen LogP contribution >= 0.6 is 23.2 Å². The molecule has 0 aromatic heterocycles. The summed E-state index contributed by atoms with van der Waals surface area (Å²) in [4.78, 5) is 0. The molecule has 2 nitrogen and oxygen atoms in total. The second-order valence-corrected chi connectivity index (χ2v) is 2.03. The predicted molar refractivity (Wildman–Crippen MR) is 32.0 cm³/mol. The monoisotopic (exact) mass is 153 g/mol. The molecule has 0 fully saturated rings. The van der Waals surface area contributed by atoms with Crippen molar-refractivity contribution in [3.05, 3.63) is 0 Å². The zero-order valence-electron chi connectivity index (χ0n) is 4.01. The van der Waals surface area contributed by atoms with Crippen LogP contribution in [-0.2, 0) is 0 Å². The Morgan fingerprint density at radius 3 is 2.38 bits per heavy atom. The van der Waals surface area contributed by atoms with E-state index in [4.69, 9.17) is 33.6 Å². The van der Waals surface area contributed by atoms with Gasteiger partial charge in [0, 0.05) is 0 Å². The van der Waals surface area contributed by atoms with Gasteiger partial charge in [0.25, 0.3) is 0 Å². The fraction of sp³-hybridized carbons (Fsp3) is 0.750. The maximum atomic E-state index is 8.64. The largest absolute Gasteiger partial charge is 0.389 e. The number of rotatable bonds is 2. The summed E-state index contributed by atoms with van der Waals surface area (Å²) in [5, 5.41) is 15.8. The van der Waals surface area contributed by atoms with E-state index < -0.39 is 11.5 Å². The second-order valence-electron chi connectivity index (χ2n) is 1.25. The molecular formula is C4H5Cl2NO. The Morgan fingerprint density at radius 2 is 2.25 bits per heavy atom. The van der Waals surface area contributed by atoms with Gasteiger partial charge < -0.3 is 5.11 Å². The van der Waals surface area contributed by atoms with Crippen molar-refractivity contribution in [3.8, 4) is 6.07 Å². The third-order valence-corrected chi connectivity index (χ3v) is 1.32. The van der Waals surface area contributed by atoms with Gasteiger partial charge in [-0.15, -0.1) is 23.2 Å². The van der Waals surface area contributed by atoms with Crippen LogP contribution in [-0.4, -0.2) is 22.5 Å². The average molecular weight is 154 g/mol. The molecule has 0 aromatic rings. The minimum absolute atomic E-state index is 0.00171. The van der Waals surface area contributed by atoms with Gasteiger partial charge in [-0.25, -0.2) is 0 Å². The number of hydrogen-bond donors (Lipinski definition) is 1. The molecule has 0 spiro atoms. The van der Waals surface area contributed by atoms with Gasteiger partial charge in [0.2, 0.25) is 0 Å². The Balaban J connectivity index is 3.49. The topological polar surface area (TPSA) is 44.0 Å². The zero-order valence-corrected chi connectivity index (χ0v) is 5.52. The summed E-state index contributed by atoms with van der Waals surface area (Å²) < 4.78 is 0. The fourth-order valence-corrected chi connectivity index (χ4v) is 0.523. The van der Waals surface area contributed by atoms with Crippen molar-refractivity contribution in [2.45, 2.75) is 11.5 Å². The van der Waals surface area contributed by atoms with E-state index in [1.807, 2.05) is 0 Å². The summed E-state index contributed by atoms with van der Waals surface area (Å²) in [6.45, 7) is 0. The molecular weight excluding hydrogens is 149 g/mol. The molecule has 0 rings (SSSR count). The van der Waals surface area contributed by atoms with E-state index in [1.165, 1.54) is 0 Å². The SMILES string of the molecule is N#C[C@@H](Cl)[C@H](O)CCl. The molecule has 0 unspecified atom stereocenters. The first-order valence-corrected chi connectivity index (χ1v) is 2.97. The number of hydrogen-bond acceptors (Lipinski definition) is 2. The number of halogens is 2. The van der Waals surface area contributed by atoms with Crippen molar-refractivity contribution in [2.24, 2.45) is 0 Å². The summed E-state index contributed by atoms with van der Waals surface area (Å²) in [5.41, 5.74) is 0. The minimum atomic E-state index is -0.914. The van der Waals surface area contributed by atoms with E-state index in [1.54, 1.807) is 6.07 Å². The van der Waals surface area contributed by atoms with Crippen LogP contribution < -0.4 is 0 Å². The molecule has 1 N–H and O–H groups in total. The Labute approximate surface area is 57.6 Å². The number of aliphatic hydroxyl groups excluding tert-OH is 1. The molecule has 0 aliphatic rings. The lowest BCUT2D eigenvalue weighted by Crippen LogP contribution is -2.20. The Hall–Kier alpha value is 0.0300. The molecule has 0 aliphatic heterocycles. The van der Waals surface area contributed by atoms with Crippen LogP contribution in [0.3, 0.4) is 0 Å². The van der Waals surface area contributed by atoms with Crippen LogP contribution in [0.15, 0.2) is 0 Å². The van der Waals surface area contributed by atoms with Crippen molar-refractivity contribution in [3.63, 3.8) is 0 Å². The molecule has 0 aliphatic carbocycles. The van der Waals surface area contributed by atoms with Gasteiger partial charge in [0.1, 0.15) is 5.38 Å². The Bertz CT molecular complexity index is 101. The molecule has 0 amide bonds. The Kier molecular flexibility index (Phi) is 3.98. The van der Waals surface area contributed by atoms with Gasteiger partial charge in [-0.1, -0.05) is 0 Å². The van der Waals surface area contributed by atoms with E-state index in [2.05, 4.69) is 0 Å². The molecule has 0 aromatic carbocycles. The maximum Gasteiger partial charge on any atom is 0.147 e. The van der Waals surface area contributed by atoms with Crippen LogP contribution in [0.1, 0.15) is 0 Å². The van der Waals surface area contributed by atoms with E-state index in [9.17, 15) is 0 Å². The zero-order chi connectivity index (χ0) is 6.57. The third-order valence-electron chi connectivity index (χ3n) is 0.619. The molecule has 46 valence electrons. The number of alkyl halides is 2. The quantitative estimate of drug-likeness (QED) is 0.595. The lowest BCUT2D eigenvalue weighted by molar-refractivity contribution is 0.206. The molecule has 0 radical (unpaired) electrons. The maximum absolute atomic E-state index is 8.64. The highest BCUT2D eigenvalue weighted by atomic mass is 35.5. The molecule has 0 saturated heterocycles. The fourth-order valence-electron chi connectivity index (χ4n) is 0.164. The van der Waals surface area contributed by atoms with Crippen LogP contribution in [0.2, 0.25) is 0 Å². The van der Waals surface area contributed by atoms with E-state index in [0.29, 0.717) is 0 Å². The molecule has 0 saturated carbocycles. The molecule has 4 heteroatoms. The summed E-state index contributed by atoms with van der Waals surface area (Å²) in [6.07, 6.45) is -0.914. The molecule has 2 atom stereocenters. The smallest absolute Gasteiger partial charge is 0.147 e. The second kappa shape index (κ2) is 3.96. The molecule has 0 heterocycles. The standard InChI is InChI=1S/C4H5Cl2NO/c5-1-4(8)3(6)2-7/h3-4,8H,1H2/t3-,4-/m1/s1. The normalized spacial score (nSPS) is 16.8. The molecule has 0 bridgehead atoms. The Morgan fingerprint density at radius 1 is 1.75 bits per heavy atom. The van der Waals surface area contributed by atoms with E-state index in [0.717, 1.165) is 0 Å². The first-order valence-electron chi connectivity index (χ1n) is 2.00. The van der Waals surface area contributed by atoms with Crippen LogP contribution in [0.5, 0.6) is 0 Å². The summed E-state index contributed by atoms with van der Waals surface area (Å²) in [7, 11) is 0. The first kappa shape index (κ1) is 8.03. The lowest BCUT2D eigenvalue weighted by atomic mass is 10.3. The van der Waals surface area contributed by atoms with Crippen molar-refractivity contribution < 1.29 is 5.11 Å². The van der Waals surface area contributed by atoms with Crippen LogP contribution in [0, 0.1) is 11.3 Å². The summed E-state index contributed by atoms with van der Waals surface area (Å²) in [5.74, 6) is 0.00171. The number of nitrogens with zero attached hydrogens (tertiary/aromatic N) is 1. The van der Waals surface area contributed by atoms with Gasteiger partial charge in [-0.2, -0.15) is 5.26 Å². The summed E-state index contributed by atoms with van der Waals surface area (Å²) in [6, 6.07) is 1.65. The van der Waals surface area contributed by atoms with Gasteiger partial charge in [-0.3, -0.25) is 0 Å². The van der Waals surface area contributed by atoms with E-state index in [-0.39, 0.29) is 5.88 Å². The van der Waals surface area contributed by atoms with E-state index >= 15 is 0 Å². The highest BCUT2D eigenvalue weighted by molar-refractivity contribution is 6.24. The van der Waals surface area contributed by atoms with Gasteiger partial charge >= 0.3 is 0 Å². The average Bonchev–Trinajstić information content (AvgIpc) is 1.84. The van der Waals surface area contributed by atoms with Crippen molar-refractivity contribution in [1.29, 1.82) is 5.26 Å². The van der Waals surface area contributed by atoms with Crippen molar-refractivity contribution in [2.75, 3.05) is 5.88 Å². The van der Waals surface area contributed by atoms with Crippen LogP contribution in [0.25, 0.3) is 0 Å². The third kappa shape index (κ3) is 2.37. The van der Waals surface area contributed by atoms with Crippen molar-refractivity contribution in [1.82, 2.24) is 0 Å². The van der Waals surface area contributed by atoms with Crippen molar-refractivity contribution >= 4 is 23.2 Å². The molecule has 8 heavy (non-hydrogen) atoms. The van der Waals surface area contributed by atoms with Gasteiger partial charge in [0.05, 0.1) is 18.1 Å². The highest BCUT2D eigenvalue weighted by Crippen LogP contribution is 2.01. The lowest BCUT2D eigenvalue weighted by Gasteiger charge is -2.03. The van der Waals surface area contributed by atoms with Gasteiger partial charge in [-0.05, 0) is 0 Å². The highest BCUT2D eigenvalue weighted by Gasteiger charge is 2.12.